The van der Waals surface area contributed by atoms with Crippen molar-refractivity contribution in [2.24, 2.45) is 3.50 Å². The van der Waals surface area contributed by atoms with E-state index in [2.05, 4.69) is 136 Å². The Morgan fingerprint density at radius 2 is 1.24 bits per heavy atom. The van der Waals surface area contributed by atoms with Crippen LogP contribution in [0.1, 0.15) is 89.9 Å². The second-order valence-electron chi connectivity index (χ2n) is 14.0. The number of fused-ring (bicyclic) bond motifs is 2. The molecule has 7 rings (SSSR count). The third-order valence-corrected chi connectivity index (χ3v) is 13.6. The summed E-state index contributed by atoms with van der Waals surface area (Å²) in [6.45, 7) is 12.8. The molecule has 0 radical (unpaired) electrons. The minimum absolute atomic E-state index is 0.107. The Labute approximate surface area is 324 Å². The van der Waals surface area contributed by atoms with Crippen LogP contribution in [0.5, 0.6) is 5.75 Å². The Morgan fingerprint density at radius 1 is 0.700 bits per heavy atom. The Morgan fingerprint density at radius 3 is 1.82 bits per heavy atom. The van der Waals surface area contributed by atoms with Crippen LogP contribution in [0.4, 0.5) is 5.69 Å². The van der Waals surface area contributed by atoms with Crippen molar-refractivity contribution in [2.75, 3.05) is 0 Å². The van der Waals surface area contributed by atoms with Gasteiger partial charge in [0.15, 0.2) is 0 Å². The van der Waals surface area contributed by atoms with Crippen molar-refractivity contribution in [2.45, 2.75) is 98.3 Å². The summed E-state index contributed by atoms with van der Waals surface area (Å²) in [4.78, 5) is 4.11. The number of aromatic hydroxyl groups is 1. The first-order valence-electron chi connectivity index (χ1n) is 17.7. The zero-order valence-corrected chi connectivity index (χ0v) is 35.4. The zero-order chi connectivity index (χ0) is 35.8. The van der Waals surface area contributed by atoms with Crippen molar-refractivity contribution in [3.63, 3.8) is 0 Å². The van der Waals surface area contributed by atoms with Crippen LogP contribution in [0.25, 0.3) is 11.1 Å². The fraction of sp³-hybridized carbons (Fsp3) is 0.341. The number of aromatic nitrogens is 1. The number of hydrogen-bond donors (Lipinski definition) is 1. The molecule has 0 amide bonds. The molecule has 2 aliphatic carbocycles. The van der Waals surface area contributed by atoms with Gasteiger partial charge in [0.1, 0.15) is 5.75 Å². The molecule has 50 heavy (non-hydrogen) atoms. The molecule has 4 aromatic carbocycles. The van der Waals surface area contributed by atoms with Gasteiger partial charge in [0.2, 0.25) is 0 Å². The molecule has 1 heterocycles. The fourth-order valence-corrected chi connectivity index (χ4v) is 9.70. The molecule has 6 heteroatoms. The molecule has 5 aromatic rings. The molecule has 262 valence electrons. The standard InChI is InChI=1S/C21H22Br2O.C10H12.C7H7N.C6H8N.Mo/c1-12-17(22)10-13-6-2-4-8-15(13)19(12)20-16-9-5-3-7-14(16)11-18(23)21(20)24;1-10(2,3)9-7-5-4-6-8-9;1-6-4-2-3-5-7(6)8;1-5-3-4-6(2)7-5;/h10-11,24H,2-9H2,1H3;1,4-8H,2-3H3;2-5H,1H3;3-4H,1-2H3;/q;;;-1;. The van der Waals surface area contributed by atoms with E-state index in [9.17, 15) is 5.11 Å². The molecule has 0 saturated heterocycles. The average Bonchev–Trinajstić information content (AvgIpc) is 3.50. The number of rotatable bonds is 4. The summed E-state index contributed by atoms with van der Waals surface area (Å²) < 4.78 is 9.20. The van der Waals surface area contributed by atoms with E-state index in [0.29, 0.717) is 5.75 Å². The van der Waals surface area contributed by atoms with Gasteiger partial charge in [-0.3, -0.25) is 0 Å². The van der Waals surface area contributed by atoms with Gasteiger partial charge in [0.25, 0.3) is 0 Å². The van der Waals surface area contributed by atoms with Crippen LogP contribution < -0.4 is 4.98 Å². The molecule has 0 atom stereocenters. The van der Waals surface area contributed by atoms with Crippen LogP contribution >= 0.6 is 31.9 Å². The summed E-state index contributed by atoms with van der Waals surface area (Å²) in [7, 11) is 0. The molecular weight excluding hydrogens is 828 g/mol. The molecule has 0 spiro atoms. The number of aryl methyl sites for hydroxylation is 5. The first-order valence-corrected chi connectivity index (χ1v) is 21.3. The molecule has 1 aromatic heterocycles. The van der Waals surface area contributed by atoms with Crippen molar-refractivity contribution in [3.8, 4) is 16.9 Å². The molecule has 0 saturated carbocycles. The average molecular weight is 878 g/mol. The van der Waals surface area contributed by atoms with E-state index in [0.717, 1.165) is 52.8 Å². The van der Waals surface area contributed by atoms with Gasteiger partial charge in [-0.2, -0.15) is 11.4 Å². The van der Waals surface area contributed by atoms with Gasteiger partial charge in [-0.15, -0.1) is 0 Å². The number of nitrogens with zero attached hydrogens (tertiary/aromatic N) is 2. The number of phenols is 1. The molecular formula is C44H49Br2MoN2O-. The van der Waals surface area contributed by atoms with Crippen LogP contribution in [0.15, 0.2) is 91.3 Å². The molecule has 1 N–H and O–H groups in total. The summed E-state index contributed by atoms with van der Waals surface area (Å²) >= 11 is 6.89. The molecule has 0 fully saturated rings. The van der Waals surface area contributed by atoms with Crippen LogP contribution in [0, 0.1) is 27.7 Å². The Hall–Kier alpha value is -2.72. The molecule has 0 bridgehead atoms. The van der Waals surface area contributed by atoms with Crippen molar-refractivity contribution in [1.82, 2.24) is 4.98 Å². The van der Waals surface area contributed by atoms with Gasteiger partial charge in [0.05, 0.1) is 4.47 Å². The van der Waals surface area contributed by atoms with Crippen LogP contribution in [-0.4, -0.2) is 9.51 Å². The second-order valence-corrected chi connectivity index (χ2v) is 17.3. The summed E-state index contributed by atoms with van der Waals surface area (Å²) in [5.41, 5.74) is 15.4. The van der Waals surface area contributed by atoms with E-state index in [4.69, 9.17) is 3.50 Å². The number of hydrogen-bond acceptors (Lipinski definition) is 2. The van der Waals surface area contributed by atoms with Gasteiger partial charge in [-0.05, 0) is 120 Å². The monoisotopic (exact) mass is 877 g/mol. The van der Waals surface area contributed by atoms with Gasteiger partial charge in [-0.1, -0.05) is 41.9 Å². The fourth-order valence-electron chi connectivity index (χ4n) is 6.86. The summed E-state index contributed by atoms with van der Waals surface area (Å²) in [6.07, 6.45) is 9.46. The van der Waals surface area contributed by atoms with Crippen LogP contribution in [-0.2, 0) is 49.0 Å². The van der Waals surface area contributed by atoms with E-state index in [1.165, 1.54) is 74.7 Å². The Bertz CT molecular complexity index is 1920. The van der Waals surface area contributed by atoms with E-state index in [-0.39, 0.29) is 5.41 Å². The predicted molar refractivity (Wildman–Crippen MR) is 215 cm³/mol. The van der Waals surface area contributed by atoms with Gasteiger partial charge in [0, 0.05) is 10.0 Å². The third-order valence-electron chi connectivity index (χ3n) is 9.72. The first kappa shape index (κ1) is 38.5. The van der Waals surface area contributed by atoms with Crippen molar-refractivity contribution in [1.29, 1.82) is 0 Å². The number of halogens is 2. The number of benzene rings is 4. The molecule has 2 aliphatic rings. The maximum absolute atomic E-state index is 11.0. The molecule has 0 unspecified atom stereocenters. The maximum atomic E-state index is 11.0. The summed E-state index contributed by atoms with van der Waals surface area (Å²) in [5, 5.41) is 11.0. The van der Waals surface area contributed by atoms with Gasteiger partial charge >= 0.3 is 123 Å². The zero-order valence-electron chi connectivity index (χ0n) is 30.2. The van der Waals surface area contributed by atoms with E-state index in [1.807, 2.05) is 26.0 Å². The molecule has 0 aliphatic heterocycles. The topological polar surface area (TPSA) is 46.7 Å². The van der Waals surface area contributed by atoms with Crippen molar-refractivity contribution >= 4 is 41.9 Å². The normalized spacial score (nSPS) is 13.4. The summed E-state index contributed by atoms with van der Waals surface area (Å²) in [6, 6.07) is 27.4. The Kier molecular flexibility index (Phi) is 13.6. The van der Waals surface area contributed by atoms with Crippen molar-refractivity contribution < 1.29 is 23.0 Å². The van der Waals surface area contributed by atoms with Crippen molar-refractivity contribution in [3.05, 3.63) is 138 Å². The first-order chi connectivity index (χ1) is 24.0. The third kappa shape index (κ3) is 9.58. The molecule has 3 nitrogen and oxygen atoms in total. The minimum atomic E-state index is -0.473. The SMILES string of the molecule is Cc1c(Br)cc2c(c1-c1c(O)c(Br)cc3c1CCCC3)CCCC2.Cc1ccc(C)[n-]1.Cc1ccccc1[N]=[Mo]=[CH]C(C)(C)c1ccccc1. The predicted octanol–water partition coefficient (Wildman–Crippen LogP) is 12.6. The van der Waals surface area contributed by atoms with Crippen LogP contribution in [0.2, 0.25) is 0 Å². The Balaban J connectivity index is 0.000000166. The summed E-state index contributed by atoms with van der Waals surface area (Å²) in [5.74, 6) is 0.421. The van der Waals surface area contributed by atoms with Gasteiger partial charge in [-0.25, -0.2) is 0 Å². The van der Waals surface area contributed by atoms with E-state index in [1.54, 1.807) is 0 Å². The van der Waals surface area contributed by atoms with Gasteiger partial charge < -0.3 is 10.1 Å². The quantitative estimate of drug-likeness (QED) is 0.183. The van der Waals surface area contributed by atoms with E-state index < -0.39 is 17.9 Å². The second kappa shape index (κ2) is 17.7. The van der Waals surface area contributed by atoms with Crippen LogP contribution in [0.3, 0.4) is 0 Å². The number of phenolic OH excluding ortho intramolecular Hbond substituents is 1. The van der Waals surface area contributed by atoms with E-state index >= 15 is 0 Å².